The van der Waals surface area contributed by atoms with E-state index in [1.54, 1.807) is 31.3 Å². The predicted octanol–water partition coefficient (Wildman–Crippen LogP) is 1.72. The van der Waals surface area contributed by atoms with Crippen LogP contribution in [-0.4, -0.2) is 41.9 Å². The average Bonchev–Trinajstić information content (AvgIpc) is 2.93. The summed E-state index contributed by atoms with van der Waals surface area (Å²) in [4.78, 5) is 4.62. The number of hydrogen-bond acceptors (Lipinski definition) is 4. The maximum atomic E-state index is 13.2. The molecular weight excluding hydrogens is 336 g/mol. The number of halogens is 1. The number of nitrogens with zero attached hydrogens (tertiary/aromatic N) is 3. The van der Waals surface area contributed by atoms with Crippen molar-refractivity contribution < 1.29 is 8.42 Å². The Morgan fingerprint density at radius 3 is 2.83 bits per heavy atom. The summed E-state index contributed by atoms with van der Waals surface area (Å²) in [6, 6.07) is 4.53. The molecule has 124 valence electrons. The summed E-state index contributed by atoms with van der Waals surface area (Å²) < 4.78 is 29.7. The summed E-state index contributed by atoms with van der Waals surface area (Å²) in [5.41, 5.74) is 0.648. The molecule has 0 spiro atoms. The normalized spacial score (nSPS) is 19.9. The zero-order chi connectivity index (χ0) is 16.6. The molecule has 1 N–H and O–H groups in total. The second-order valence-corrected chi connectivity index (χ2v) is 7.94. The Balaban J connectivity index is 2.04. The van der Waals surface area contributed by atoms with Crippen LogP contribution in [0.15, 0.2) is 35.5 Å². The average molecular weight is 355 g/mol. The molecule has 3 rings (SSSR count). The topological polar surface area (TPSA) is 67.2 Å². The molecule has 1 aromatic carbocycles. The highest BCUT2D eigenvalue weighted by atomic mass is 35.5. The summed E-state index contributed by atoms with van der Waals surface area (Å²) in [6.07, 6.45) is 3.50. The van der Waals surface area contributed by atoms with Gasteiger partial charge in [0, 0.05) is 44.1 Å². The first-order valence-corrected chi connectivity index (χ1v) is 9.19. The van der Waals surface area contributed by atoms with Gasteiger partial charge in [-0.1, -0.05) is 11.6 Å². The molecule has 6 nitrogen and oxygen atoms in total. The molecule has 0 saturated carbocycles. The number of benzene rings is 1. The summed E-state index contributed by atoms with van der Waals surface area (Å²) >= 11 is 5.95. The number of nitrogens with one attached hydrogen (secondary N) is 1. The fraction of sp³-hybridized carbons (Fsp3) is 0.400. The number of rotatable bonds is 3. The van der Waals surface area contributed by atoms with E-state index in [1.807, 2.05) is 17.8 Å². The summed E-state index contributed by atoms with van der Waals surface area (Å²) in [6.45, 7) is 3.32. The fourth-order valence-electron chi connectivity index (χ4n) is 2.92. The van der Waals surface area contributed by atoms with Crippen LogP contribution in [0.3, 0.4) is 0 Å². The first-order valence-electron chi connectivity index (χ1n) is 7.37. The van der Waals surface area contributed by atoms with Crippen LogP contribution in [-0.2, 0) is 17.1 Å². The third-order valence-corrected chi connectivity index (χ3v) is 6.38. The van der Waals surface area contributed by atoms with Gasteiger partial charge in [0.25, 0.3) is 0 Å². The van der Waals surface area contributed by atoms with E-state index < -0.39 is 10.0 Å². The Kier molecular flexibility index (Phi) is 4.46. The van der Waals surface area contributed by atoms with Gasteiger partial charge in [-0.2, -0.15) is 4.31 Å². The van der Waals surface area contributed by atoms with Crippen molar-refractivity contribution in [3.8, 4) is 0 Å². The van der Waals surface area contributed by atoms with Crippen LogP contribution in [0.25, 0.3) is 0 Å². The highest BCUT2D eigenvalue weighted by Gasteiger charge is 2.36. The molecule has 1 aromatic heterocycles. The van der Waals surface area contributed by atoms with Crippen molar-refractivity contribution >= 4 is 21.6 Å². The van der Waals surface area contributed by atoms with Crippen molar-refractivity contribution in [1.82, 2.24) is 19.2 Å². The lowest BCUT2D eigenvalue weighted by Crippen LogP contribution is -2.49. The highest BCUT2D eigenvalue weighted by Crippen LogP contribution is 2.30. The molecule has 0 bridgehead atoms. The molecule has 23 heavy (non-hydrogen) atoms. The second-order valence-electron chi connectivity index (χ2n) is 5.64. The van der Waals surface area contributed by atoms with Crippen molar-refractivity contribution in [2.24, 2.45) is 7.05 Å². The molecule has 1 atom stereocenters. The van der Waals surface area contributed by atoms with Gasteiger partial charge < -0.3 is 9.88 Å². The monoisotopic (exact) mass is 354 g/mol. The van der Waals surface area contributed by atoms with Crippen LogP contribution >= 0.6 is 11.6 Å². The van der Waals surface area contributed by atoms with Crippen LogP contribution in [0, 0.1) is 6.92 Å². The van der Waals surface area contributed by atoms with Crippen LogP contribution in [0.2, 0.25) is 5.02 Å². The standard InChI is InChI=1S/C15H19ClN4O2S/c1-11-9-12(16)3-4-14(11)23(21,22)20-8-5-17-10-13(20)15-18-6-7-19(15)2/h3-4,6-7,9,13,17H,5,8,10H2,1-2H3. The number of sulfonamides is 1. The van der Waals surface area contributed by atoms with E-state index in [9.17, 15) is 8.42 Å². The smallest absolute Gasteiger partial charge is 0.244 e. The first kappa shape index (κ1) is 16.4. The van der Waals surface area contributed by atoms with Gasteiger partial charge in [0.05, 0.1) is 10.9 Å². The molecule has 1 fully saturated rings. The highest BCUT2D eigenvalue weighted by molar-refractivity contribution is 7.89. The van der Waals surface area contributed by atoms with Crippen LogP contribution in [0.4, 0.5) is 0 Å². The van der Waals surface area contributed by atoms with E-state index in [0.29, 0.717) is 35.1 Å². The van der Waals surface area contributed by atoms with Crippen molar-refractivity contribution in [1.29, 1.82) is 0 Å². The lowest BCUT2D eigenvalue weighted by molar-refractivity contribution is 0.258. The molecule has 1 saturated heterocycles. The zero-order valence-corrected chi connectivity index (χ0v) is 14.6. The molecule has 0 amide bonds. The van der Waals surface area contributed by atoms with Crippen LogP contribution in [0.5, 0.6) is 0 Å². The minimum Gasteiger partial charge on any atom is -0.337 e. The van der Waals surface area contributed by atoms with E-state index in [0.717, 1.165) is 5.82 Å². The lowest BCUT2D eigenvalue weighted by Gasteiger charge is -2.35. The number of piperazine rings is 1. The number of imidazole rings is 1. The van der Waals surface area contributed by atoms with E-state index in [4.69, 9.17) is 11.6 Å². The van der Waals surface area contributed by atoms with Gasteiger partial charge in [0.15, 0.2) is 0 Å². The third-order valence-electron chi connectivity index (χ3n) is 4.07. The maximum absolute atomic E-state index is 13.2. The van der Waals surface area contributed by atoms with Crippen molar-refractivity contribution in [2.75, 3.05) is 19.6 Å². The molecule has 2 aromatic rings. The molecule has 0 aliphatic carbocycles. The molecule has 8 heteroatoms. The van der Waals surface area contributed by atoms with Gasteiger partial charge in [-0.15, -0.1) is 0 Å². The maximum Gasteiger partial charge on any atom is 0.244 e. The van der Waals surface area contributed by atoms with Gasteiger partial charge in [0.1, 0.15) is 5.82 Å². The Morgan fingerprint density at radius 1 is 1.39 bits per heavy atom. The quantitative estimate of drug-likeness (QED) is 0.911. The number of aryl methyl sites for hydroxylation is 2. The largest absolute Gasteiger partial charge is 0.337 e. The van der Waals surface area contributed by atoms with Crippen LogP contribution in [0.1, 0.15) is 17.4 Å². The van der Waals surface area contributed by atoms with E-state index in [-0.39, 0.29) is 6.04 Å². The van der Waals surface area contributed by atoms with Crippen molar-refractivity contribution in [3.63, 3.8) is 0 Å². The molecule has 1 aliphatic heterocycles. The minimum absolute atomic E-state index is 0.294. The summed E-state index contributed by atoms with van der Waals surface area (Å²) in [7, 11) is -1.75. The first-order chi connectivity index (χ1) is 10.9. The van der Waals surface area contributed by atoms with Crippen molar-refractivity contribution in [2.45, 2.75) is 17.9 Å². The van der Waals surface area contributed by atoms with Gasteiger partial charge in [-0.05, 0) is 30.7 Å². The summed E-state index contributed by atoms with van der Waals surface area (Å²) in [5, 5.41) is 3.78. The van der Waals surface area contributed by atoms with E-state index in [1.165, 1.54) is 4.31 Å². The number of hydrogen-bond donors (Lipinski definition) is 1. The Hall–Kier alpha value is -1.41. The second kappa shape index (κ2) is 6.24. The van der Waals surface area contributed by atoms with Gasteiger partial charge >= 0.3 is 0 Å². The van der Waals surface area contributed by atoms with Gasteiger partial charge in [0.2, 0.25) is 10.0 Å². The molecule has 1 unspecified atom stereocenters. The molecule has 2 heterocycles. The minimum atomic E-state index is -3.62. The predicted molar refractivity (Wildman–Crippen MR) is 88.9 cm³/mol. The van der Waals surface area contributed by atoms with Crippen LogP contribution < -0.4 is 5.32 Å². The lowest BCUT2D eigenvalue weighted by atomic mass is 10.2. The SMILES string of the molecule is Cc1cc(Cl)ccc1S(=O)(=O)N1CCNCC1c1nccn1C. The van der Waals surface area contributed by atoms with Gasteiger partial charge in [-0.25, -0.2) is 13.4 Å². The van der Waals surface area contributed by atoms with Crippen molar-refractivity contribution in [3.05, 3.63) is 47.0 Å². The molecule has 1 aliphatic rings. The summed E-state index contributed by atoms with van der Waals surface area (Å²) in [5.74, 6) is 0.729. The number of aromatic nitrogens is 2. The third kappa shape index (κ3) is 3.01. The van der Waals surface area contributed by atoms with Gasteiger partial charge in [-0.3, -0.25) is 0 Å². The van der Waals surface area contributed by atoms with E-state index >= 15 is 0 Å². The Morgan fingerprint density at radius 2 is 2.17 bits per heavy atom. The zero-order valence-electron chi connectivity index (χ0n) is 13.0. The fourth-order valence-corrected chi connectivity index (χ4v) is 4.94. The Labute approximate surface area is 141 Å². The van der Waals surface area contributed by atoms with E-state index in [2.05, 4.69) is 10.3 Å². The Bertz CT molecular complexity index is 819. The molecular formula is C15H19ClN4O2S. The molecule has 0 radical (unpaired) electrons.